The van der Waals surface area contributed by atoms with Gasteiger partial charge in [-0.3, -0.25) is 9.59 Å². The van der Waals surface area contributed by atoms with Crippen LogP contribution in [0.3, 0.4) is 0 Å². The van der Waals surface area contributed by atoms with Gasteiger partial charge in [0.15, 0.2) is 0 Å². The number of nitrogens with zero attached hydrogens (tertiary/aromatic N) is 1. The molecule has 8 heteroatoms. The van der Waals surface area contributed by atoms with Gasteiger partial charge in [0, 0.05) is 45.0 Å². The molecule has 0 unspecified atom stereocenters. The fourth-order valence-electron chi connectivity index (χ4n) is 3.58. The van der Waals surface area contributed by atoms with Gasteiger partial charge in [0.2, 0.25) is 0 Å². The summed E-state index contributed by atoms with van der Waals surface area (Å²) in [4.78, 5) is 27.2. The smallest absolute Gasteiger partial charge is 0.258 e. The van der Waals surface area contributed by atoms with E-state index in [2.05, 4.69) is 17.6 Å². The van der Waals surface area contributed by atoms with Crippen LogP contribution in [0.15, 0.2) is 42.5 Å². The van der Waals surface area contributed by atoms with Crippen LogP contribution < -0.4 is 15.4 Å². The van der Waals surface area contributed by atoms with Crippen LogP contribution in [0.25, 0.3) is 0 Å². The molecule has 0 saturated heterocycles. The first kappa shape index (κ1) is 23.7. The maximum atomic E-state index is 13.9. The Hall–Kier alpha value is -2.97. The third-order valence-corrected chi connectivity index (χ3v) is 5.60. The van der Waals surface area contributed by atoms with Crippen molar-refractivity contribution in [2.75, 3.05) is 39.2 Å². The number of carbonyl (C=O) groups excluding carboxylic acids is 2. The van der Waals surface area contributed by atoms with Gasteiger partial charge in [-0.25, -0.2) is 4.39 Å². The number of nitrogens with one attached hydrogen (secondary N) is 2. The third kappa shape index (κ3) is 5.63. The van der Waals surface area contributed by atoms with Crippen molar-refractivity contribution < 1.29 is 23.5 Å². The SMILES string of the molecule is CO[C@H]1CN(C)C(=O)c2ccc(NC(=O)c3ccccc3F)cc2OC[C@@H](C)NC[C@H]1C. The second-order valence-electron chi connectivity index (χ2n) is 8.20. The minimum atomic E-state index is -0.605. The predicted octanol–water partition coefficient (Wildman–Crippen LogP) is 3.17. The number of carbonyl (C=O) groups is 2. The van der Waals surface area contributed by atoms with Crippen molar-refractivity contribution in [1.29, 1.82) is 0 Å². The van der Waals surface area contributed by atoms with Crippen LogP contribution in [-0.2, 0) is 4.74 Å². The second kappa shape index (κ2) is 10.6. The van der Waals surface area contributed by atoms with Gasteiger partial charge in [0.05, 0.1) is 17.2 Å². The van der Waals surface area contributed by atoms with E-state index in [1.54, 1.807) is 43.3 Å². The summed E-state index contributed by atoms with van der Waals surface area (Å²) in [6.07, 6.45) is -0.119. The highest BCUT2D eigenvalue weighted by molar-refractivity contribution is 6.05. The zero-order chi connectivity index (χ0) is 23.3. The van der Waals surface area contributed by atoms with Gasteiger partial charge in [-0.15, -0.1) is 0 Å². The van der Waals surface area contributed by atoms with Gasteiger partial charge in [0.1, 0.15) is 18.2 Å². The van der Waals surface area contributed by atoms with Crippen LogP contribution in [0.1, 0.15) is 34.6 Å². The molecule has 2 aromatic rings. The van der Waals surface area contributed by atoms with Gasteiger partial charge in [0.25, 0.3) is 11.8 Å². The molecular weight excluding hydrogens is 413 g/mol. The number of methoxy groups -OCH3 is 1. The van der Waals surface area contributed by atoms with Gasteiger partial charge in [-0.2, -0.15) is 0 Å². The standard InChI is InChI=1S/C24H30FN3O4/c1-15-12-26-16(2)14-32-21-11-17(27-23(29)18-7-5-6-8-20(18)25)9-10-19(21)24(30)28(3)13-22(15)31-4/h5-11,15-16,22,26H,12-14H2,1-4H3,(H,27,29)/t15-,16-,22+/m1/s1. The lowest BCUT2D eigenvalue weighted by molar-refractivity contribution is 0.0281. The summed E-state index contributed by atoms with van der Waals surface area (Å²) in [5, 5.41) is 6.10. The Balaban J connectivity index is 1.88. The molecule has 0 radical (unpaired) electrons. The third-order valence-electron chi connectivity index (χ3n) is 5.60. The summed E-state index contributed by atoms with van der Waals surface area (Å²) in [6, 6.07) is 10.6. The molecule has 0 aliphatic carbocycles. The molecule has 0 saturated carbocycles. The number of likely N-dealkylation sites (N-methyl/N-ethyl adjacent to an activating group) is 1. The number of amides is 2. The van der Waals surface area contributed by atoms with Crippen molar-refractivity contribution in [1.82, 2.24) is 10.2 Å². The number of hydrogen-bond acceptors (Lipinski definition) is 5. The fraction of sp³-hybridized carbons (Fsp3) is 0.417. The van der Waals surface area contributed by atoms with Crippen LogP contribution in [0.5, 0.6) is 5.75 Å². The van der Waals surface area contributed by atoms with E-state index < -0.39 is 11.7 Å². The van der Waals surface area contributed by atoms with E-state index >= 15 is 0 Å². The number of benzene rings is 2. The van der Waals surface area contributed by atoms with Crippen LogP contribution >= 0.6 is 0 Å². The first-order valence-corrected chi connectivity index (χ1v) is 10.6. The van der Waals surface area contributed by atoms with E-state index in [1.807, 2.05) is 6.92 Å². The lowest BCUT2D eigenvalue weighted by atomic mass is 10.0. The highest BCUT2D eigenvalue weighted by Crippen LogP contribution is 2.26. The van der Waals surface area contributed by atoms with Crippen LogP contribution in [0.4, 0.5) is 10.1 Å². The van der Waals surface area contributed by atoms with Gasteiger partial charge >= 0.3 is 0 Å². The Bertz CT molecular complexity index is 968. The maximum absolute atomic E-state index is 13.9. The van der Waals surface area contributed by atoms with Crippen LogP contribution in [0, 0.1) is 11.7 Å². The summed E-state index contributed by atoms with van der Waals surface area (Å²) in [5.41, 5.74) is 0.727. The normalized spacial score (nSPS) is 22.2. The number of rotatable bonds is 3. The molecule has 2 N–H and O–H groups in total. The predicted molar refractivity (Wildman–Crippen MR) is 121 cm³/mol. The maximum Gasteiger partial charge on any atom is 0.258 e. The van der Waals surface area contributed by atoms with Crippen LogP contribution in [0.2, 0.25) is 0 Å². The Morgan fingerprint density at radius 1 is 1.25 bits per heavy atom. The van der Waals surface area contributed by atoms with E-state index in [1.165, 1.54) is 18.2 Å². The Morgan fingerprint density at radius 2 is 2.00 bits per heavy atom. The molecule has 3 rings (SSSR count). The zero-order valence-corrected chi connectivity index (χ0v) is 18.9. The molecule has 1 aliphatic heterocycles. The average Bonchev–Trinajstić information content (AvgIpc) is 2.78. The highest BCUT2D eigenvalue weighted by atomic mass is 19.1. The minimum absolute atomic E-state index is 0.0340. The first-order chi connectivity index (χ1) is 15.3. The molecule has 0 aromatic heterocycles. The molecule has 0 spiro atoms. The van der Waals surface area contributed by atoms with E-state index in [0.717, 1.165) is 6.54 Å². The number of fused-ring (bicyclic) bond motifs is 1. The van der Waals surface area contributed by atoms with Crippen molar-refractivity contribution in [3.8, 4) is 5.75 Å². The topological polar surface area (TPSA) is 79.9 Å². The molecule has 3 atom stereocenters. The average molecular weight is 444 g/mol. The first-order valence-electron chi connectivity index (χ1n) is 10.6. The second-order valence-corrected chi connectivity index (χ2v) is 8.20. The Kier molecular flexibility index (Phi) is 7.82. The van der Waals surface area contributed by atoms with Crippen LogP contribution in [-0.4, -0.2) is 62.7 Å². The molecule has 1 heterocycles. The van der Waals surface area contributed by atoms with E-state index in [4.69, 9.17) is 9.47 Å². The van der Waals surface area contributed by atoms with E-state index in [-0.39, 0.29) is 29.5 Å². The van der Waals surface area contributed by atoms with Gasteiger partial charge in [-0.1, -0.05) is 19.1 Å². The summed E-state index contributed by atoms with van der Waals surface area (Å²) >= 11 is 0. The monoisotopic (exact) mass is 443 g/mol. The molecule has 2 amide bonds. The van der Waals surface area contributed by atoms with Crippen molar-refractivity contribution in [3.63, 3.8) is 0 Å². The Morgan fingerprint density at radius 3 is 2.72 bits per heavy atom. The van der Waals surface area contributed by atoms with Crippen molar-refractivity contribution in [2.45, 2.75) is 26.0 Å². The lowest BCUT2D eigenvalue weighted by Crippen LogP contribution is -2.44. The molecule has 7 nitrogen and oxygen atoms in total. The van der Waals surface area contributed by atoms with Gasteiger partial charge in [-0.05, 0) is 37.1 Å². The fourth-order valence-corrected chi connectivity index (χ4v) is 3.58. The number of ether oxygens (including phenoxy) is 2. The van der Waals surface area contributed by atoms with Crippen molar-refractivity contribution in [3.05, 3.63) is 59.4 Å². The number of anilines is 1. The largest absolute Gasteiger partial charge is 0.491 e. The molecular formula is C24H30FN3O4. The lowest BCUT2D eigenvalue weighted by Gasteiger charge is -2.30. The molecule has 2 aromatic carbocycles. The molecule has 0 fully saturated rings. The highest BCUT2D eigenvalue weighted by Gasteiger charge is 2.25. The summed E-state index contributed by atoms with van der Waals surface area (Å²) in [5.74, 6) is -0.836. The number of halogens is 1. The number of hydrogen-bond donors (Lipinski definition) is 2. The van der Waals surface area contributed by atoms with E-state index in [0.29, 0.717) is 30.2 Å². The summed E-state index contributed by atoms with van der Waals surface area (Å²) < 4.78 is 25.5. The Labute approximate surface area is 187 Å². The van der Waals surface area contributed by atoms with Crippen molar-refractivity contribution >= 4 is 17.5 Å². The molecule has 172 valence electrons. The molecule has 1 aliphatic rings. The molecule has 32 heavy (non-hydrogen) atoms. The van der Waals surface area contributed by atoms with E-state index in [9.17, 15) is 14.0 Å². The minimum Gasteiger partial charge on any atom is -0.491 e. The van der Waals surface area contributed by atoms with Crippen molar-refractivity contribution in [2.24, 2.45) is 5.92 Å². The zero-order valence-electron chi connectivity index (χ0n) is 18.9. The summed E-state index contributed by atoms with van der Waals surface area (Å²) in [6.45, 7) is 5.56. The van der Waals surface area contributed by atoms with Gasteiger partial charge < -0.3 is 25.0 Å². The summed E-state index contributed by atoms with van der Waals surface area (Å²) in [7, 11) is 3.37. The quantitative estimate of drug-likeness (QED) is 0.762. The molecule has 0 bridgehead atoms.